The van der Waals surface area contributed by atoms with Gasteiger partial charge in [-0.15, -0.1) is 0 Å². The van der Waals surface area contributed by atoms with E-state index in [2.05, 4.69) is 15.5 Å². The molecule has 1 aromatic rings. The molecule has 1 aliphatic rings. The average Bonchev–Trinajstić information content (AvgIpc) is 2.53. The quantitative estimate of drug-likeness (QED) is 0.687. The first-order chi connectivity index (χ1) is 5.92. The average molecular weight is 165 g/mol. The second-order valence-electron chi connectivity index (χ2n) is 3.46. The number of likely N-dealkylation sites (N-methyl/N-ethyl adjacent to an activating group) is 1. The van der Waals surface area contributed by atoms with E-state index in [-0.39, 0.29) is 0 Å². The van der Waals surface area contributed by atoms with Crippen LogP contribution in [0.3, 0.4) is 0 Å². The summed E-state index contributed by atoms with van der Waals surface area (Å²) < 4.78 is 0. The van der Waals surface area contributed by atoms with Crippen molar-refractivity contribution in [1.82, 2.24) is 15.5 Å². The molecule has 12 heavy (non-hydrogen) atoms. The largest absolute Gasteiger partial charge is 0.319 e. The number of fused-ring (bicyclic) bond motifs is 1. The topological polar surface area (TPSA) is 40.7 Å². The molecule has 3 heteroatoms. The van der Waals surface area contributed by atoms with Crippen LogP contribution in [-0.4, -0.2) is 23.8 Å². The van der Waals surface area contributed by atoms with Crippen molar-refractivity contribution in [2.24, 2.45) is 0 Å². The van der Waals surface area contributed by atoms with Gasteiger partial charge in [0, 0.05) is 18.2 Å². The maximum Gasteiger partial charge on any atom is 0.0522 e. The van der Waals surface area contributed by atoms with Gasteiger partial charge in [-0.1, -0.05) is 0 Å². The van der Waals surface area contributed by atoms with Gasteiger partial charge in [0.2, 0.25) is 0 Å². The molecule has 1 heterocycles. The molecule has 0 radical (unpaired) electrons. The third-order valence-corrected chi connectivity index (χ3v) is 2.61. The predicted molar refractivity (Wildman–Crippen MR) is 48.2 cm³/mol. The maximum atomic E-state index is 4.08. The molecule has 1 aromatic heterocycles. The molecule has 66 valence electrons. The van der Waals surface area contributed by atoms with Gasteiger partial charge in [-0.05, 0) is 31.9 Å². The highest BCUT2D eigenvalue weighted by Gasteiger charge is 2.20. The van der Waals surface area contributed by atoms with Gasteiger partial charge in [0.25, 0.3) is 0 Å². The lowest BCUT2D eigenvalue weighted by Crippen LogP contribution is -2.21. The Hall–Kier alpha value is -0.830. The van der Waals surface area contributed by atoms with E-state index in [4.69, 9.17) is 0 Å². The van der Waals surface area contributed by atoms with E-state index in [1.807, 2.05) is 13.2 Å². The standard InChI is InChI=1S/C9H15N3/c1-10-5-7-3-2-4-8-6-11-12-9(7)8/h6-7,10H,2-5H2,1H3,(H,11,12). The van der Waals surface area contributed by atoms with E-state index < -0.39 is 0 Å². The second-order valence-corrected chi connectivity index (χ2v) is 3.46. The van der Waals surface area contributed by atoms with Crippen LogP contribution in [-0.2, 0) is 6.42 Å². The Morgan fingerprint density at radius 3 is 3.50 bits per heavy atom. The summed E-state index contributed by atoms with van der Waals surface area (Å²) in [5, 5.41) is 10.4. The molecule has 0 amide bonds. The molecule has 2 N–H and O–H groups in total. The Morgan fingerprint density at radius 2 is 2.67 bits per heavy atom. The van der Waals surface area contributed by atoms with Crippen LogP contribution in [0.25, 0.3) is 0 Å². The van der Waals surface area contributed by atoms with E-state index in [1.165, 1.54) is 30.5 Å². The SMILES string of the molecule is CNCC1CCCc2cn[nH]c21. The van der Waals surface area contributed by atoms with Crippen molar-refractivity contribution in [1.29, 1.82) is 0 Å². The minimum absolute atomic E-state index is 0.654. The fraction of sp³-hybridized carbons (Fsp3) is 0.667. The number of nitrogens with zero attached hydrogens (tertiary/aromatic N) is 1. The number of H-pyrrole nitrogens is 1. The Balaban J connectivity index is 2.19. The van der Waals surface area contributed by atoms with Gasteiger partial charge in [-0.25, -0.2) is 0 Å². The number of hydrogen-bond donors (Lipinski definition) is 2. The Labute approximate surface area is 72.6 Å². The summed E-state index contributed by atoms with van der Waals surface area (Å²) in [4.78, 5) is 0. The van der Waals surface area contributed by atoms with Crippen molar-refractivity contribution in [3.05, 3.63) is 17.5 Å². The zero-order chi connectivity index (χ0) is 8.39. The van der Waals surface area contributed by atoms with E-state index in [1.54, 1.807) is 0 Å². The van der Waals surface area contributed by atoms with Crippen LogP contribution in [0.1, 0.15) is 30.0 Å². The summed E-state index contributed by atoms with van der Waals surface area (Å²) in [7, 11) is 2.00. The second kappa shape index (κ2) is 3.27. The predicted octanol–water partition coefficient (Wildman–Crippen LogP) is 1.05. The van der Waals surface area contributed by atoms with E-state index in [0.29, 0.717) is 5.92 Å². The Kier molecular flexibility index (Phi) is 2.13. The lowest BCUT2D eigenvalue weighted by molar-refractivity contribution is 0.518. The third-order valence-electron chi connectivity index (χ3n) is 2.61. The summed E-state index contributed by atoms with van der Waals surface area (Å²) in [6.07, 6.45) is 5.76. The summed E-state index contributed by atoms with van der Waals surface area (Å²) in [6, 6.07) is 0. The van der Waals surface area contributed by atoms with Crippen LogP contribution in [0.4, 0.5) is 0 Å². The zero-order valence-corrected chi connectivity index (χ0v) is 7.43. The Bertz CT molecular complexity index is 254. The van der Waals surface area contributed by atoms with Gasteiger partial charge in [0.1, 0.15) is 0 Å². The smallest absolute Gasteiger partial charge is 0.0522 e. The Morgan fingerprint density at radius 1 is 1.75 bits per heavy atom. The number of rotatable bonds is 2. The monoisotopic (exact) mass is 165 g/mol. The molecular formula is C9H15N3. The van der Waals surface area contributed by atoms with Crippen LogP contribution in [0.5, 0.6) is 0 Å². The molecule has 2 rings (SSSR count). The van der Waals surface area contributed by atoms with Gasteiger partial charge in [0.05, 0.1) is 6.20 Å². The molecule has 0 aliphatic heterocycles. The fourth-order valence-corrected chi connectivity index (χ4v) is 2.01. The van der Waals surface area contributed by atoms with Gasteiger partial charge in [0.15, 0.2) is 0 Å². The van der Waals surface area contributed by atoms with E-state index in [0.717, 1.165) is 6.54 Å². The van der Waals surface area contributed by atoms with Crippen LogP contribution in [0, 0.1) is 0 Å². The maximum absolute atomic E-state index is 4.08. The highest BCUT2D eigenvalue weighted by atomic mass is 15.1. The molecule has 0 saturated carbocycles. The minimum atomic E-state index is 0.654. The summed E-state index contributed by atoms with van der Waals surface area (Å²) in [5.41, 5.74) is 2.78. The van der Waals surface area contributed by atoms with Crippen molar-refractivity contribution >= 4 is 0 Å². The molecule has 0 fully saturated rings. The van der Waals surface area contributed by atoms with Gasteiger partial charge >= 0.3 is 0 Å². The molecule has 1 unspecified atom stereocenters. The zero-order valence-electron chi connectivity index (χ0n) is 7.43. The normalized spacial score (nSPS) is 22.2. The number of aromatic nitrogens is 2. The van der Waals surface area contributed by atoms with Crippen LogP contribution >= 0.6 is 0 Å². The highest BCUT2D eigenvalue weighted by molar-refractivity contribution is 5.23. The number of aromatic amines is 1. The van der Waals surface area contributed by atoms with E-state index in [9.17, 15) is 0 Å². The van der Waals surface area contributed by atoms with Gasteiger partial charge in [-0.2, -0.15) is 5.10 Å². The summed E-state index contributed by atoms with van der Waals surface area (Å²) in [6.45, 7) is 1.06. The van der Waals surface area contributed by atoms with Crippen molar-refractivity contribution in [2.45, 2.75) is 25.2 Å². The van der Waals surface area contributed by atoms with Crippen LogP contribution in [0.2, 0.25) is 0 Å². The number of aryl methyl sites for hydroxylation is 1. The lowest BCUT2D eigenvalue weighted by Gasteiger charge is -2.20. The molecule has 1 atom stereocenters. The first-order valence-corrected chi connectivity index (χ1v) is 4.58. The van der Waals surface area contributed by atoms with Crippen molar-refractivity contribution < 1.29 is 0 Å². The fourth-order valence-electron chi connectivity index (χ4n) is 2.01. The van der Waals surface area contributed by atoms with Crippen LogP contribution < -0.4 is 5.32 Å². The molecule has 1 aliphatic carbocycles. The molecule has 0 spiro atoms. The van der Waals surface area contributed by atoms with Crippen LogP contribution in [0.15, 0.2) is 6.20 Å². The minimum Gasteiger partial charge on any atom is -0.319 e. The molecule has 0 saturated heterocycles. The summed E-state index contributed by atoms with van der Waals surface area (Å²) in [5.74, 6) is 0.654. The van der Waals surface area contributed by atoms with Gasteiger partial charge in [-0.3, -0.25) is 5.10 Å². The first-order valence-electron chi connectivity index (χ1n) is 4.58. The van der Waals surface area contributed by atoms with Crippen molar-refractivity contribution in [3.8, 4) is 0 Å². The highest BCUT2D eigenvalue weighted by Crippen LogP contribution is 2.28. The van der Waals surface area contributed by atoms with Gasteiger partial charge < -0.3 is 5.32 Å². The van der Waals surface area contributed by atoms with E-state index >= 15 is 0 Å². The lowest BCUT2D eigenvalue weighted by atomic mass is 9.88. The molecule has 3 nitrogen and oxygen atoms in total. The molecule has 0 aromatic carbocycles. The summed E-state index contributed by atoms with van der Waals surface area (Å²) >= 11 is 0. The number of nitrogens with one attached hydrogen (secondary N) is 2. The molecular weight excluding hydrogens is 150 g/mol. The first kappa shape index (κ1) is 7.80. The number of hydrogen-bond acceptors (Lipinski definition) is 2. The third kappa shape index (κ3) is 1.25. The van der Waals surface area contributed by atoms with Crippen molar-refractivity contribution in [3.63, 3.8) is 0 Å². The van der Waals surface area contributed by atoms with Crippen molar-refractivity contribution in [2.75, 3.05) is 13.6 Å². The molecule has 0 bridgehead atoms.